The van der Waals surface area contributed by atoms with E-state index in [1.54, 1.807) is 0 Å². The second-order valence-electron chi connectivity index (χ2n) is 5.85. The Balaban J connectivity index is 3.16. The molecule has 0 fully saturated rings. The van der Waals surface area contributed by atoms with Gasteiger partial charge in [0.25, 0.3) is 0 Å². The van der Waals surface area contributed by atoms with Gasteiger partial charge in [0, 0.05) is 6.61 Å². The first-order valence-corrected chi connectivity index (χ1v) is 8.50. The highest BCUT2D eigenvalue weighted by atomic mass is 32.1. The highest BCUT2D eigenvalue weighted by Gasteiger charge is 2.16. The summed E-state index contributed by atoms with van der Waals surface area (Å²) in [5.41, 5.74) is 0.0849. The monoisotopic (exact) mass is 274 g/mol. The van der Waals surface area contributed by atoms with Gasteiger partial charge in [0.05, 0.1) is 5.60 Å². The van der Waals surface area contributed by atoms with Gasteiger partial charge >= 0.3 is 0 Å². The number of hydrogen-bond donors (Lipinski definition) is 1. The summed E-state index contributed by atoms with van der Waals surface area (Å²) in [4.78, 5) is 0. The smallest absolute Gasteiger partial charge is 0.0626 e. The molecule has 110 valence electrons. The van der Waals surface area contributed by atoms with Crippen LogP contribution >= 0.6 is 12.6 Å². The molecule has 0 bridgehead atoms. The first-order valence-electron chi connectivity index (χ1n) is 7.87. The molecule has 0 aliphatic carbocycles. The number of hydrogen-bond acceptors (Lipinski definition) is 2. The molecule has 2 heteroatoms. The second-order valence-corrected chi connectivity index (χ2v) is 6.30. The van der Waals surface area contributed by atoms with Crippen LogP contribution in [-0.4, -0.2) is 18.0 Å². The third-order valence-corrected chi connectivity index (χ3v) is 3.79. The fraction of sp³-hybridized carbons (Fsp3) is 1.00. The van der Waals surface area contributed by atoms with Gasteiger partial charge in [-0.3, -0.25) is 0 Å². The first-order chi connectivity index (χ1) is 8.62. The quantitative estimate of drug-likeness (QED) is 0.338. The maximum atomic E-state index is 5.71. The van der Waals surface area contributed by atoms with E-state index in [-0.39, 0.29) is 5.60 Å². The zero-order chi connectivity index (χ0) is 13.7. The average Bonchev–Trinajstić information content (AvgIpc) is 2.31. The lowest BCUT2D eigenvalue weighted by Gasteiger charge is -2.24. The summed E-state index contributed by atoms with van der Waals surface area (Å²) < 4.78 is 5.71. The van der Waals surface area contributed by atoms with Crippen molar-refractivity contribution >= 4 is 12.6 Å². The molecule has 0 amide bonds. The Morgan fingerprint density at radius 3 is 1.67 bits per heavy atom. The van der Waals surface area contributed by atoms with Crippen molar-refractivity contribution in [2.45, 2.75) is 90.6 Å². The lowest BCUT2D eigenvalue weighted by atomic mass is 9.99. The molecule has 0 spiro atoms. The molecule has 0 saturated carbocycles. The third kappa shape index (κ3) is 12.8. The van der Waals surface area contributed by atoms with E-state index in [0.29, 0.717) is 0 Å². The van der Waals surface area contributed by atoms with Crippen LogP contribution < -0.4 is 0 Å². The van der Waals surface area contributed by atoms with Gasteiger partial charge in [-0.05, 0) is 39.4 Å². The van der Waals surface area contributed by atoms with Crippen LogP contribution in [0, 0.1) is 0 Å². The zero-order valence-corrected chi connectivity index (χ0v) is 13.7. The van der Waals surface area contributed by atoms with Crippen molar-refractivity contribution in [3.63, 3.8) is 0 Å². The van der Waals surface area contributed by atoms with E-state index in [4.69, 9.17) is 4.74 Å². The molecule has 0 N–H and O–H groups in total. The number of ether oxygens (including phenoxy) is 1. The van der Waals surface area contributed by atoms with Gasteiger partial charge < -0.3 is 4.74 Å². The van der Waals surface area contributed by atoms with E-state index >= 15 is 0 Å². The molecule has 0 aromatic carbocycles. The van der Waals surface area contributed by atoms with Crippen molar-refractivity contribution in [1.29, 1.82) is 0 Å². The Kier molecular flexibility index (Phi) is 12.6. The summed E-state index contributed by atoms with van der Waals surface area (Å²) in [6.45, 7) is 7.32. The topological polar surface area (TPSA) is 9.23 Å². The van der Waals surface area contributed by atoms with E-state index in [9.17, 15) is 0 Å². The predicted octanol–water partition coefficient (Wildman–Crippen LogP) is 5.63. The van der Waals surface area contributed by atoms with Crippen molar-refractivity contribution in [3.8, 4) is 0 Å². The molecule has 0 aromatic rings. The lowest BCUT2D eigenvalue weighted by molar-refractivity contribution is -0.0177. The Labute approximate surface area is 120 Å². The molecule has 0 unspecified atom stereocenters. The van der Waals surface area contributed by atoms with E-state index in [1.807, 2.05) is 0 Å². The van der Waals surface area contributed by atoms with E-state index in [2.05, 4.69) is 33.4 Å². The van der Waals surface area contributed by atoms with E-state index in [0.717, 1.165) is 12.4 Å². The van der Waals surface area contributed by atoms with Crippen molar-refractivity contribution < 1.29 is 4.74 Å². The molecule has 0 rings (SSSR count). The van der Waals surface area contributed by atoms with Crippen molar-refractivity contribution in [3.05, 3.63) is 0 Å². The summed E-state index contributed by atoms with van der Waals surface area (Å²) in [6, 6.07) is 0. The minimum Gasteiger partial charge on any atom is -0.376 e. The minimum absolute atomic E-state index is 0.0849. The van der Waals surface area contributed by atoms with Crippen LogP contribution in [0.3, 0.4) is 0 Å². The Morgan fingerprint density at radius 1 is 0.778 bits per heavy atom. The number of thiol groups is 1. The molecule has 0 aliphatic heterocycles. The van der Waals surface area contributed by atoms with Crippen molar-refractivity contribution in [1.82, 2.24) is 0 Å². The summed E-state index contributed by atoms with van der Waals surface area (Å²) in [5.74, 6) is 1.05. The van der Waals surface area contributed by atoms with Gasteiger partial charge in [-0.2, -0.15) is 12.6 Å². The van der Waals surface area contributed by atoms with Crippen LogP contribution in [-0.2, 0) is 4.74 Å². The standard InChI is InChI=1S/C16H34OS/c1-4-17-16(2,3)14-12-10-8-6-5-7-9-11-13-15-18/h18H,4-15H2,1-3H3. The normalized spacial score (nSPS) is 12.0. The molecule has 0 saturated heterocycles. The van der Waals surface area contributed by atoms with Gasteiger partial charge in [-0.15, -0.1) is 0 Å². The second kappa shape index (κ2) is 12.3. The SMILES string of the molecule is CCOC(C)(C)CCCCCCCCCCCS. The molecule has 1 nitrogen and oxygen atoms in total. The van der Waals surface area contributed by atoms with Crippen LogP contribution in [0.2, 0.25) is 0 Å². The van der Waals surface area contributed by atoms with Crippen LogP contribution in [0.4, 0.5) is 0 Å². The van der Waals surface area contributed by atoms with Gasteiger partial charge in [0.15, 0.2) is 0 Å². The molecule has 18 heavy (non-hydrogen) atoms. The fourth-order valence-electron chi connectivity index (χ4n) is 2.36. The van der Waals surface area contributed by atoms with Crippen LogP contribution in [0.15, 0.2) is 0 Å². The summed E-state index contributed by atoms with van der Waals surface area (Å²) in [6.07, 6.45) is 13.6. The summed E-state index contributed by atoms with van der Waals surface area (Å²) in [5, 5.41) is 0. The van der Waals surface area contributed by atoms with E-state index in [1.165, 1.54) is 64.2 Å². The summed E-state index contributed by atoms with van der Waals surface area (Å²) in [7, 11) is 0. The summed E-state index contributed by atoms with van der Waals surface area (Å²) >= 11 is 4.23. The molecule has 0 heterocycles. The zero-order valence-electron chi connectivity index (χ0n) is 12.8. The predicted molar refractivity (Wildman–Crippen MR) is 85.7 cm³/mol. The highest BCUT2D eigenvalue weighted by molar-refractivity contribution is 7.80. The van der Waals surface area contributed by atoms with Gasteiger partial charge in [0.2, 0.25) is 0 Å². The molecule has 0 aromatic heterocycles. The van der Waals surface area contributed by atoms with Gasteiger partial charge in [-0.1, -0.05) is 51.4 Å². The minimum atomic E-state index is 0.0849. The largest absolute Gasteiger partial charge is 0.376 e. The maximum absolute atomic E-state index is 5.71. The Morgan fingerprint density at radius 2 is 1.22 bits per heavy atom. The maximum Gasteiger partial charge on any atom is 0.0626 e. The number of unbranched alkanes of at least 4 members (excludes halogenated alkanes) is 8. The van der Waals surface area contributed by atoms with E-state index < -0.39 is 0 Å². The van der Waals surface area contributed by atoms with Crippen molar-refractivity contribution in [2.24, 2.45) is 0 Å². The van der Waals surface area contributed by atoms with Crippen molar-refractivity contribution in [2.75, 3.05) is 12.4 Å². The van der Waals surface area contributed by atoms with Crippen LogP contribution in [0.1, 0.15) is 85.0 Å². The van der Waals surface area contributed by atoms with Gasteiger partial charge in [-0.25, -0.2) is 0 Å². The molecule has 0 radical (unpaired) electrons. The van der Waals surface area contributed by atoms with Crippen LogP contribution in [0.5, 0.6) is 0 Å². The first kappa shape index (κ1) is 18.3. The Bertz CT molecular complexity index is 168. The number of rotatable bonds is 13. The Hall–Kier alpha value is 0.310. The molecular formula is C16H34OS. The molecule has 0 atom stereocenters. The lowest BCUT2D eigenvalue weighted by Crippen LogP contribution is -2.23. The van der Waals surface area contributed by atoms with Gasteiger partial charge in [0.1, 0.15) is 0 Å². The average molecular weight is 275 g/mol. The molecule has 0 aliphatic rings. The highest BCUT2D eigenvalue weighted by Crippen LogP contribution is 2.19. The van der Waals surface area contributed by atoms with Crippen LogP contribution in [0.25, 0.3) is 0 Å². The fourth-order valence-corrected chi connectivity index (χ4v) is 2.59. The molecular weight excluding hydrogens is 240 g/mol. The third-order valence-electron chi connectivity index (χ3n) is 3.47.